The molecule has 1 atom stereocenters. The normalized spacial score (nSPS) is 12.5. The van der Waals surface area contributed by atoms with Gasteiger partial charge in [-0.1, -0.05) is 19.8 Å². The van der Waals surface area contributed by atoms with Crippen LogP contribution in [-0.2, 0) is 4.79 Å². The topological polar surface area (TPSA) is 32.3 Å². The molecule has 0 bridgehead atoms. The first kappa shape index (κ1) is 14.4. The van der Waals surface area contributed by atoms with Gasteiger partial charge in [-0.05, 0) is 27.2 Å². The lowest BCUT2D eigenvalue weighted by atomic mass is 10.1. The quantitative estimate of drug-likeness (QED) is 0.670. The van der Waals surface area contributed by atoms with Crippen LogP contribution in [0.3, 0.4) is 0 Å². The lowest BCUT2D eigenvalue weighted by Gasteiger charge is -2.20. The SMILES string of the molecule is CCCCC(C)NCC(=O)N(CC)CC. The van der Waals surface area contributed by atoms with Crippen LogP contribution in [0.4, 0.5) is 0 Å². The average molecular weight is 214 g/mol. The van der Waals surface area contributed by atoms with Gasteiger partial charge in [-0.2, -0.15) is 0 Å². The molecule has 1 N–H and O–H groups in total. The summed E-state index contributed by atoms with van der Waals surface area (Å²) in [4.78, 5) is 13.5. The van der Waals surface area contributed by atoms with Crippen molar-refractivity contribution < 1.29 is 4.79 Å². The number of hydrogen-bond donors (Lipinski definition) is 1. The van der Waals surface area contributed by atoms with E-state index in [1.807, 2.05) is 18.7 Å². The molecule has 0 saturated heterocycles. The maximum atomic E-state index is 11.6. The minimum Gasteiger partial charge on any atom is -0.342 e. The Morgan fingerprint density at radius 3 is 2.33 bits per heavy atom. The van der Waals surface area contributed by atoms with Crippen molar-refractivity contribution in [1.82, 2.24) is 10.2 Å². The molecule has 15 heavy (non-hydrogen) atoms. The van der Waals surface area contributed by atoms with E-state index in [1.165, 1.54) is 12.8 Å². The van der Waals surface area contributed by atoms with Crippen LogP contribution in [0.15, 0.2) is 0 Å². The predicted molar refractivity (Wildman–Crippen MR) is 64.9 cm³/mol. The molecular weight excluding hydrogens is 188 g/mol. The van der Waals surface area contributed by atoms with Gasteiger partial charge in [-0.15, -0.1) is 0 Å². The van der Waals surface area contributed by atoms with Gasteiger partial charge in [0.2, 0.25) is 5.91 Å². The number of nitrogens with zero attached hydrogens (tertiary/aromatic N) is 1. The predicted octanol–water partition coefficient (Wildman–Crippen LogP) is 2.02. The summed E-state index contributed by atoms with van der Waals surface area (Å²) in [5, 5.41) is 3.28. The van der Waals surface area contributed by atoms with Crippen molar-refractivity contribution in [3.05, 3.63) is 0 Å². The molecule has 3 nitrogen and oxygen atoms in total. The van der Waals surface area contributed by atoms with Crippen molar-refractivity contribution in [1.29, 1.82) is 0 Å². The van der Waals surface area contributed by atoms with E-state index >= 15 is 0 Å². The van der Waals surface area contributed by atoms with Gasteiger partial charge in [0, 0.05) is 19.1 Å². The van der Waals surface area contributed by atoms with Crippen molar-refractivity contribution in [3.8, 4) is 0 Å². The van der Waals surface area contributed by atoms with E-state index in [2.05, 4.69) is 19.2 Å². The molecule has 0 radical (unpaired) electrons. The maximum Gasteiger partial charge on any atom is 0.236 e. The first-order valence-electron chi connectivity index (χ1n) is 6.16. The van der Waals surface area contributed by atoms with E-state index in [0.29, 0.717) is 12.6 Å². The zero-order valence-electron chi connectivity index (χ0n) is 10.7. The molecule has 0 aromatic heterocycles. The van der Waals surface area contributed by atoms with Crippen LogP contribution >= 0.6 is 0 Å². The number of unbranched alkanes of at least 4 members (excludes halogenated alkanes) is 1. The monoisotopic (exact) mass is 214 g/mol. The van der Waals surface area contributed by atoms with Crippen molar-refractivity contribution in [2.24, 2.45) is 0 Å². The van der Waals surface area contributed by atoms with E-state index in [-0.39, 0.29) is 5.91 Å². The third kappa shape index (κ3) is 6.50. The van der Waals surface area contributed by atoms with Gasteiger partial charge < -0.3 is 10.2 Å². The molecule has 0 aliphatic heterocycles. The van der Waals surface area contributed by atoms with Gasteiger partial charge in [0.05, 0.1) is 6.54 Å². The molecule has 0 heterocycles. The second-order valence-electron chi connectivity index (χ2n) is 3.99. The van der Waals surface area contributed by atoms with Gasteiger partial charge in [0.1, 0.15) is 0 Å². The summed E-state index contributed by atoms with van der Waals surface area (Å²) in [7, 11) is 0. The summed E-state index contributed by atoms with van der Waals surface area (Å²) in [5.41, 5.74) is 0. The zero-order valence-corrected chi connectivity index (χ0v) is 10.7. The fraction of sp³-hybridized carbons (Fsp3) is 0.917. The van der Waals surface area contributed by atoms with E-state index in [9.17, 15) is 4.79 Å². The molecule has 90 valence electrons. The summed E-state index contributed by atoms with van der Waals surface area (Å²) in [6.07, 6.45) is 3.60. The number of amides is 1. The third-order valence-corrected chi connectivity index (χ3v) is 2.71. The third-order valence-electron chi connectivity index (χ3n) is 2.71. The van der Waals surface area contributed by atoms with Crippen LogP contribution in [0.5, 0.6) is 0 Å². The lowest BCUT2D eigenvalue weighted by Crippen LogP contribution is -2.40. The number of hydrogen-bond acceptors (Lipinski definition) is 2. The van der Waals surface area contributed by atoms with Crippen molar-refractivity contribution in [2.75, 3.05) is 19.6 Å². The summed E-state index contributed by atoms with van der Waals surface area (Å²) in [5.74, 6) is 0.211. The van der Waals surface area contributed by atoms with Crippen molar-refractivity contribution in [3.63, 3.8) is 0 Å². The van der Waals surface area contributed by atoms with E-state index in [4.69, 9.17) is 0 Å². The molecule has 0 saturated carbocycles. The molecule has 0 spiro atoms. The van der Waals surface area contributed by atoms with Gasteiger partial charge in [-0.3, -0.25) is 4.79 Å². The zero-order chi connectivity index (χ0) is 11.7. The van der Waals surface area contributed by atoms with Crippen LogP contribution in [0.25, 0.3) is 0 Å². The van der Waals surface area contributed by atoms with Crippen LogP contribution < -0.4 is 5.32 Å². The standard InChI is InChI=1S/C12H26N2O/c1-5-8-9-11(4)13-10-12(15)14(6-2)7-3/h11,13H,5-10H2,1-4H3. The van der Waals surface area contributed by atoms with E-state index < -0.39 is 0 Å². The Labute approximate surface area is 94.2 Å². The Morgan fingerprint density at radius 1 is 1.27 bits per heavy atom. The Bertz CT molecular complexity index is 167. The highest BCUT2D eigenvalue weighted by Crippen LogP contribution is 1.99. The fourth-order valence-electron chi connectivity index (χ4n) is 1.56. The summed E-state index contributed by atoms with van der Waals surface area (Å²) < 4.78 is 0. The van der Waals surface area contributed by atoms with Crippen molar-refractivity contribution in [2.45, 2.75) is 53.0 Å². The molecule has 3 heteroatoms. The smallest absolute Gasteiger partial charge is 0.236 e. The highest BCUT2D eigenvalue weighted by atomic mass is 16.2. The van der Waals surface area contributed by atoms with Crippen LogP contribution in [0, 0.1) is 0 Å². The number of carbonyl (C=O) groups is 1. The van der Waals surface area contributed by atoms with Crippen molar-refractivity contribution >= 4 is 5.91 Å². The van der Waals surface area contributed by atoms with E-state index in [0.717, 1.165) is 19.5 Å². The maximum absolute atomic E-state index is 11.6. The second-order valence-corrected chi connectivity index (χ2v) is 3.99. The molecule has 0 fully saturated rings. The Balaban J connectivity index is 3.69. The lowest BCUT2D eigenvalue weighted by molar-refractivity contribution is -0.129. The minimum absolute atomic E-state index is 0.211. The fourth-order valence-corrected chi connectivity index (χ4v) is 1.56. The highest BCUT2D eigenvalue weighted by molar-refractivity contribution is 5.78. The molecule has 0 aliphatic rings. The van der Waals surface area contributed by atoms with Gasteiger partial charge >= 0.3 is 0 Å². The molecule has 0 aliphatic carbocycles. The first-order valence-corrected chi connectivity index (χ1v) is 6.16. The summed E-state index contributed by atoms with van der Waals surface area (Å²) >= 11 is 0. The van der Waals surface area contributed by atoms with Crippen LogP contribution in [-0.4, -0.2) is 36.5 Å². The molecule has 0 rings (SSSR count). The average Bonchev–Trinajstić information content (AvgIpc) is 2.25. The van der Waals surface area contributed by atoms with Gasteiger partial charge in [0.25, 0.3) is 0 Å². The number of nitrogens with one attached hydrogen (secondary N) is 1. The Morgan fingerprint density at radius 2 is 1.87 bits per heavy atom. The molecule has 0 aromatic carbocycles. The molecule has 0 aromatic rings. The number of carbonyl (C=O) groups excluding carboxylic acids is 1. The van der Waals surface area contributed by atoms with Gasteiger partial charge in [0.15, 0.2) is 0 Å². The minimum atomic E-state index is 0.211. The highest BCUT2D eigenvalue weighted by Gasteiger charge is 2.10. The summed E-state index contributed by atoms with van der Waals surface area (Å²) in [6, 6.07) is 0.449. The first-order chi connectivity index (χ1) is 7.15. The number of likely N-dealkylation sites (N-methyl/N-ethyl adjacent to an activating group) is 1. The van der Waals surface area contributed by atoms with E-state index in [1.54, 1.807) is 0 Å². The van der Waals surface area contributed by atoms with Gasteiger partial charge in [-0.25, -0.2) is 0 Å². The molecule has 1 unspecified atom stereocenters. The molecular formula is C12H26N2O. The summed E-state index contributed by atoms with van der Waals surface area (Å²) in [6.45, 7) is 10.5. The Kier molecular flexibility index (Phi) is 8.38. The van der Waals surface area contributed by atoms with Crippen LogP contribution in [0.2, 0.25) is 0 Å². The van der Waals surface area contributed by atoms with Crippen LogP contribution in [0.1, 0.15) is 47.0 Å². The second kappa shape index (κ2) is 8.72. The largest absolute Gasteiger partial charge is 0.342 e. The number of rotatable bonds is 8. The Hall–Kier alpha value is -0.570. The molecule has 1 amide bonds.